The van der Waals surface area contributed by atoms with E-state index in [0.717, 1.165) is 0 Å². The number of ether oxygens (including phenoxy) is 2. The lowest BCUT2D eigenvalue weighted by molar-refractivity contribution is -0.142. The van der Waals surface area contributed by atoms with Gasteiger partial charge in [0.05, 0.1) is 31.7 Å². The topological polar surface area (TPSA) is 97.8 Å². The lowest BCUT2D eigenvalue weighted by Gasteiger charge is -2.21. The molecule has 2 heterocycles. The number of aromatic nitrogens is 1. The molecule has 1 aliphatic heterocycles. The second-order valence-corrected chi connectivity index (χ2v) is 3.66. The number of carboxylic acids is 1. The standard InChI is InChI=1S/C11H12N2O5/c14-10(9-6-17-3-4-18-9)13-7-1-2-8(11(15)16)12-5-7/h1-2,5,9H,3-4,6H2,(H,13,14)(H,15,16). The van der Waals surface area contributed by atoms with Crippen LogP contribution in [-0.4, -0.2) is 47.9 Å². The van der Waals surface area contributed by atoms with E-state index in [1.165, 1.54) is 18.3 Å². The second-order valence-electron chi connectivity index (χ2n) is 3.66. The van der Waals surface area contributed by atoms with Crippen LogP contribution in [0.3, 0.4) is 0 Å². The van der Waals surface area contributed by atoms with Crippen LogP contribution < -0.4 is 5.32 Å². The fourth-order valence-corrected chi connectivity index (χ4v) is 1.46. The Morgan fingerprint density at radius 3 is 2.78 bits per heavy atom. The summed E-state index contributed by atoms with van der Waals surface area (Å²) in [5, 5.41) is 11.3. The van der Waals surface area contributed by atoms with Crippen molar-refractivity contribution in [3.8, 4) is 0 Å². The van der Waals surface area contributed by atoms with Gasteiger partial charge in [-0.1, -0.05) is 0 Å². The molecule has 18 heavy (non-hydrogen) atoms. The molecule has 0 radical (unpaired) electrons. The van der Waals surface area contributed by atoms with Gasteiger partial charge in [-0.25, -0.2) is 9.78 Å². The molecule has 1 saturated heterocycles. The smallest absolute Gasteiger partial charge is 0.354 e. The van der Waals surface area contributed by atoms with Crippen molar-refractivity contribution < 1.29 is 24.2 Å². The van der Waals surface area contributed by atoms with Gasteiger partial charge in [0, 0.05) is 0 Å². The van der Waals surface area contributed by atoms with Crippen LogP contribution in [0.15, 0.2) is 18.3 Å². The molecule has 1 atom stereocenters. The van der Waals surface area contributed by atoms with Crippen molar-refractivity contribution in [2.45, 2.75) is 6.10 Å². The van der Waals surface area contributed by atoms with Crippen LogP contribution >= 0.6 is 0 Å². The molecule has 1 unspecified atom stereocenters. The maximum Gasteiger partial charge on any atom is 0.354 e. The van der Waals surface area contributed by atoms with E-state index < -0.39 is 12.1 Å². The van der Waals surface area contributed by atoms with E-state index in [-0.39, 0.29) is 18.2 Å². The number of anilines is 1. The summed E-state index contributed by atoms with van der Waals surface area (Å²) >= 11 is 0. The molecule has 0 aromatic carbocycles. The van der Waals surface area contributed by atoms with E-state index in [9.17, 15) is 9.59 Å². The molecular formula is C11H12N2O5. The molecular weight excluding hydrogens is 240 g/mol. The minimum Gasteiger partial charge on any atom is -0.477 e. The molecule has 1 aliphatic rings. The van der Waals surface area contributed by atoms with Gasteiger partial charge in [0.15, 0.2) is 6.10 Å². The van der Waals surface area contributed by atoms with Crippen molar-refractivity contribution in [3.63, 3.8) is 0 Å². The molecule has 1 amide bonds. The second kappa shape index (κ2) is 5.56. The van der Waals surface area contributed by atoms with Crippen molar-refractivity contribution >= 4 is 17.6 Å². The average Bonchev–Trinajstić information content (AvgIpc) is 2.40. The van der Waals surface area contributed by atoms with E-state index in [4.69, 9.17) is 14.6 Å². The predicted octanol–water partition coefficient (Wildman–Crippen LogP) is 0.134. The molecule has 0 saturated carbocycles. The first kappa shape index (κ1) is 12.5. The van der Waals surface area contributed by atoms with E-state index in [0.29, 0.717) is 18.9 Å². The van der Waals surface area contributed by atoms with Crippen LogP contribution in [0.25, 0.3) is 0 Å². The molecule has 1 aromatic heterocycles. The molecule has 2 rings (SSSR count). The van der Waals surface area contributed by atoms with E-state index >= 15 is 0 Å². The van der Waals surface area contributed by atoms with Crippen LogP contribution in [0, 0.1) is 0 Å². The summed E-state index contributed by atoms with van der Waals surface area (Å²) in [5.41, 5.74) is 0.337. The Morgan fingerprint density at radius 1 is 1.39 bits per heavy atom. The summed E-state index contributed by atoms with van der Waals surface area (Å²) in [5.74, 6) is -1.45. The van der Waals surface area contributed by atoms with Crippen LogP contribution in [-0.2, 0) is 14.3 Å². The molecule has 0 aliphatic carbocycles. The molecule has 0 spiro atoms. The van der Waals surface area contributed by atoms with Gasteiger partial charge < -0.3 is 19.9 Å². The van der Waals surface area contributed by atoms with Gasteiger partial charge in [0.2, 0.25) is 0 Å². The number of aromatic carboxylic acids is 1. The number of carbonyl (C=O) groups is 2. The number of carboxylic acid groups (broad SMARTS) is 1. The molecule has 2 N–H and O–H groups in total. The fraction of sp³-hybridized carbons (Fsp3) is 0.364. The van der Waals surface area contributed by atoms with Gasteiger partial charge in [0.1, 0.15) is 5.69 Å². The summed E-state index contributed by atoms with van der Waals surface area (Å²) in [6, 6.07) is 2.79. The highest BCUT2D eigenvalue weighted by Gasteiger charge is 2.22. The zero-order valence-corrected chi connectivity index (χ0v) is 9.46. The maximum atomic E-state index is 11.7. The van der Waals surface area contributed by atoms with Gasteiger partial charge in [-0.3, -0.25) is 4.79 Å². The first-order valence-electron chi connectivity index (χ1n) is 5.36. The molecule has 7 heteroatoms. The Hall–Kier alpha value is -1.99. The quantitative estimate of drug-likeness (QED) is 0.793. The highest BCUT2D eigenvalue weighted by molar-refractivity contribution is 5.94. The van der Waals surface area contributed by atoms with Gasteiger partial charge in [-0.2, -0.15) is 0 Å². The minimum absolute atomic E-state index is 0.0785. The number of nitrogens with one attached hydrogen (secondary N) is 1. The van der Waals surface area contributed by atoms with Crippen molar-refractivity contribution in [3.05, 3.63) is 24.0 Å². The lowest BCUT2D eigenvalue weighted by atomic mass is 10.3. The zero-order valence-electron chi connectivity index (χ0n) is 9.46. The van der Waals surface area contributed by atoms with Crippen molar-refractivity contribution in [2.24, 2.45) is 0 Å². The third-order valence-electron chi connectivity index (χ3n) is 2.36. The maximum absolute atomic E-state index is 11.7. The van der Waals surface area contributed by atoms with Crippen LogP contribution in [0.5, 0.6) is 0 Å². The number of nitrogens with zero attached hydrogens (tertiary/aromatic N) is 1. The Kier molecular flexibility index (Phi) is 3.85. The van der Waals surface area contributed by atoms with Crippen molar-refractivity contribution in [1.82, 2.24) is 4.98 Å². The first-order valence-corrected chi connectivity index (χ1v) is 5.36. The van der Waals surface area contributed by atoms with Gasteiger partial charge in [-0.05, 0) is 12.1 Å². The average molecular weight is 252 g/mol. The van der Waals surface area contributed by atoms with E-state index in [1.54, 1.807) is 0 Å². The van der Waals surface area contributed by atoms with E-state index in [1.807, 2.05) is 0 Å². The van der Waals surface area contributed by atoms with Crippen LogP contribution in [0.2, 0.25) is 0 Å². The highest BCUT2D eigenvalue weighted by atomic mass is 16.6. The zero-order chi connectivity index (χ0) is 13.0. The number of rotatable bonds is 3. The number of hydrogen-bond donors (Lipinski definition) is 2. The Morgan fingerprint density at radius 2 is 2.22 bits per heavy atom. The number of carbonyl (C=O) groups excluding carboxylic acids is 1. The molecule has 0 bridgehead atoms. The van der Waals surface area contributed by atoms with Crippen molar-refractivity contribution in [1.29, 1.82) is 0 Å². The van der Waals surface area contributed by atoms with Gasteiger partial charge in [0.25, 0.3) is 5.91 Å². The van der Waals surface area contributed by atoms with Gasteiger partial charge >= 0.3 is 5.97 Å². The number of amides is 1. The summed E-state index contributed by atoms with van der Waals surface area (Å²) in [4.78, 5) is 26.0. The first-order chi connectivity index (χ1) is 8.66. The Labute approximate surface area is 103 Å². The monoisotopic (exact) mass is 252 g/mol. The highest BCUT2D eigenvalue weighted by Crippen LogP contribution is 2.09. The van der Waals surface area contributed by atoms with E-state index in [2.05, 4.69) is 10.3 Å². The third kappa shape index (κ3) is 3.02. The fourth-order valence-electron chi connectivity index (χ4n) is 1.46. The summed E-state index contributed by atoms with van der Waals surface area (Å²) < 4.78 is 10.3. The minimum atomic E-state index is -1.11. The molecule has 1 fully saturated rings. The molecule has 1 aromatic rings. The SMILES string of the molecule is O=C(O)c1ccc(NC(=O)C2COCCO2)cn1. The molecule has 96 valence electrons. The van der Waals surface area contributed by atoms with Gasteiger partial charge in [-0.15, -0.1) is 0 Å². The summed E-state index contributed by atoms with van der Waals surface area (Å²) in [6.07, 6.45) is 0.642. The van der Waals surface area contributed by atoms with Crippen LogP contribution in [0.1, 0.15) is 10.5 Å². The number of pyridine rings is 1. The lowest BCUT2D eigenvalue weighted by Crippen LogP contribution is -2.39. The van der Waals surface area contributed by atoms with Crippen molar-refractivity contribution in [2.75, 3.05) is 25.1 Å². The largest absolute Gasteiger partial charge is 0.477 e. The molecule has 7 nitrogen and oxygen atoms in total. The van der Waals surface area contributed by atoms with Crippen LogP contribution in [0.4, 0.5) is 5.69 Å². The predicted molar refractivity (Wildman–Crippen MR) is 60.4 cm³/mol. The number of hydrogen-bond acceptors (Lipinski definition) is 5. The Balaban J connectivity index is 1.96. The normalized spacial score (nSPS) is 19.2. The summed E-state index contributed by atoms with van der Waals surface area (Å²) in [6.45, 7) is 1.08. The summed E-state index contributed by atoms with van der Waals surface area (Å²) in [7, 11) is 0. The Bertz CT molecular complexity index is 439. The third-order valence-corrected chi connectivity index (χ3v) is 2.36.